The SMILES string of the molecule is O=C(CSc1nnc(-c2cc(-c3ccccn3)nc3ccccc23)o1)NC1CCCc2ccccc21. The number of pyridine rings is 2. The van der Waals surface area contributed by atoms with Gasteiger partial charge < -0.3 is 9.73 Å². The van der Waals surface area contributed by atoms with Gasteiger partial charge >= 0.3 is 0 Å². The highest BCUT2D eigenvalue weighted by Gasteiger charge is 2.22. The van der Waals surface area contributed by atoms with Crippen molar-refractivity contribution in [3.63, 3.8) is 0 Å². The fraction of sp³-hybridized carbons (Fsp3) is 0.179. The number of nitrogens with one attached hydrogen (secondary N) is 1. The Balaban J connectivity index is 1.20. The van der Waals surface area contributed by atoms with Gasteiger partial charge in [-0.2, -0.15) is 0 Å². The molecule has 1 aliphatic carbocycles. The Morgan fingerprint density at radius 1 is 1.00 bits per heavy atom. The van der Waals surface area contributed by atoms with Crippen molar-refractivity contribution in [2.75, 3.05) is 5.75 Å². The van der Waals surface area contributed by atoms with E-state index in [1.54, 1.807) is 6.20 Å². The van der Waals surface area contributed by atoms with Crippen molar-refractivity contribution in [1.82, 2.24) is 25.5 Å². The lowest BCUT2D eigenvalue weighted by molar-refractivity contribution is -0.119. The lowest BCUT2D eigenvalue weighted by Gasteiger charge is -2.26. The predicted molar refractivity (Wildman–Crippen MR) is 139 cm³/mol. The number of fused-ring (bicyclic) bond motifs is 2. The van der Waals surface area contributed by atoms with Gasteiger partial charge in [-0.1, -0.05) is 60.3 Å². The third-order valence-electron chi connectivity index (χ3n) is 6.31. The topological polar surface area (TPSA) is 93.8 Å². The number of aromatic nitrogens is 4. The molecule has 3 heterocycles. The molecular weight excluding hydrogens is 470 g/mol. The summed E-state index contributed by atoms with van der Waals surface area (Å²) in [6, 6.07) is 23.8. The maximum Gasteiger partial charge on any atom is 0.277 e. The third-order valence-corrected chi connectivity index (χ3v) is 7.13. The van der Waals surface area contributed by atoms with Gasteiger partial charge in [0.25, 0.3) is 5.22 Å². The normalized spacial score (nSPS) is 14.9. The van der Waals surface area contributed by atoms with Crippen LogP contribution in [0.1, 0.15) is 30.0 Å². The maximum atomic E-state index is 12.7. The van der Waals surface area contributed by atoms with Gasteiger partial charge in [0.15, 0.2) is 0 Å². The summed E-state index contributed by atoms with van der Waals surface area (Å²) in [5.41, 5.74) is 5.62. The summed E-state index contributed by atoms with van der Waals surface area (Å²) in [7, 11) is 0. The van der Waals surface area contributed by atoms with Crippen molar-refractivity contribution in [1.29, 1.82) is 0 Å². The number of hydrogen-bond donors (Lipinski definition) is 1. The average molecular weight is 494 g/mol. The molecule has 1 N–H and O–H groups in total. The number of benzene rings is 2. The summed E-state index contributed by atoms with van der Waals surface area (Å²) < 4.78 is 5.98. The van der Waals surface area contributed by atoms with Crippen LogP contribution in [0.25, 0.3) is 33.7 Å². The quantitative estimate of drug-likeness (QED) is 0.306. The first-order valence-corrected chi connectivity index (χ1v) is 12.9. The number of nitrogens with zero attached hydrogens (tertiary/aromatic N) is 4. The Morgan fingerprint density at radius 3 is 2.78 bits per heavy atom. The van der Waals surface area contributed by atoms with E-state index in [1.807, 2.05) is 54.6 Å². The number of amides is 1. The van der Waals surface area contributed by atoms with Gasteiger partial charge in [0.1, 0.15) is 0 Å². The minimum Gasteiger partial charge on any atom is -0.411 e. The number of carbonyl (C=O) groups excluding carboxylic acids is 1. The molecule has 0 spiro atoms. The van der Waals surface area contributed by atoms with Crippen LogP contribution in [0.15, 0.2) is 88.6 Å². The second kappa shape index (κ2) is 9.91. The van der Waals surface area contributed by atoms with Crippen molar-refractivity contribution >= 4 is 28.6 Å². The molecule has 36 heavy (non-hydrogen) atoms. The van der Waals surface area contributed by atoms with Gasteiger partial charge in [0.05, 0.1) is 34.3 Å². The van der Waals surface area contributed by atoms with Crippen LogP contribution in [0.3, 0.4) is 0 Å². The maximum absolute atomic E-state index is 12.7. The molecule has 7 nitrogen and oxygen atoms in total. The molecule has 178 valence electrons. The van der Waals surface area contributed by atoms with Crippen molar-refractivity contribution in [2.24, 2.45) is 0 Å². The molecule has 3 aromatic heterocycles. The van der Waals surface area contributed by atoms with E-state index in [2.05, 4.69) is 38.7 Å². The number of rotatable bonds is 6. The molecule has 0 radical (unpaired) electrons. The average Bonchev–Trinajstić information content (AvgIpc) is 3.41. The lowest BCUT2D eigenvalue weighted by Crippen LogP contribution is -2.32. The molecule has 6 rings (SSSR count). The summed E-state index contributed by atoms with van der Waals surface area (Å²) in [6.45, 7) is 0. The fourth-order valence-corrected chi connectivity index (χ4v) is 5.22. The molecule has 0 aliphatic heterocycles. The highest BCUT2D eigenvalue weighted by atomic mass is 32.2. The van der Waals surface area contributed by atoms with E-state index < -0.39 is 0 Å². The first-order valence-electron chi connectivity index (χ1n) is 11.9. The number of hydrogen-bond acceptors (Lipinski definition) is 7. The second-order valence-corrected chi connectivity index (χ2v) is 9.59. The summed E-state index contributed by atoms with van der Waals surface area (Å²) in [4.78, 5) is 21.9. The third kappa shape index (κ3) is 4.59. The fourth-order valence-electron chi connectivity index (χ4n) is 4.64. The van der Waals surface area contributed by atoms with Crippen molar-refractivity contribution in [3.8, 4) is 22.8 Å². The molecule has 1 amide bonds. The van der Waals surface area contributed by atoms with Crippen LogP contribution in [-0.4, -0.2) is 31.8 Å². The van der Waals surface area contributed by atoms with Crippen LogP contribution in [0.2, 0.25) is 0 Å². The van der Waals surface area contributed by atoms with Gasteiger partial charge in [0, 0.05) is 11.6 Å². The Kier molecular flexibility index (Phi) is 6.17. The molecule has 1 unspecified atom stereocenters. The smallest absolute Gasteiger partial charge is 0.277 e. The zero-order chi connectivity index (χ0) is 24.3. The van der Waals surface area contributed by atoms with Crippen molar-refractivity contribution in [3.05, 3.63) is 90.1 Å². The monoisotopic (exact) mass is 493 g/mol. The van der Waals surface area contributed by atoms with Crippen LogP contribution >= 0.6 is 11.8 Å². The van der Waals surface area contributed by atoms with Crippen molar-refractivity contribution in [2.45, 2.75) is 30.5 Å². The molecule has 0 bridgehead atoms. The summed E-state index contributed by atoms with van der Waals surface area (Å²) in [6.07, 6.45) is 4.83. The molecule has 0 saturated carbocycles. The number of aryl methyl sites for hydroxylation is 1. The van der Waals surface area contributed by atoms with Crippen LogP contribution in [-0.2, 0) is 11.2 Å². The minimum absolute atomic E-state index is 0.0479. The summed E-state index contributed by atoms with van der Waals surface area (Å²) in [5.74, 6) is 0.541. The Morgan fingerprint density at radius 2 is 1.86 bits per heavy atom. The van der Waals surface area contributed by atoms with Gasteiger partial charge in [-0.15, -0.1) is 10.2 Å². The van der Waals surface area contributed by atoms with E-state index in [0.717, 1.165) is 47.1 Å². The van der Waals surface area contributed by atoms with Gasteiger partial charge in [0.2, 0.25) is 11.8 Å². The van der Waals surface area contributed by atoms with E-state index >= 15 is 0 Å². The second-order valence-electron chi connectivity index (χ2n) is 8.66. The standard InChI is InChI=1S/C28H23N5O2S/c34-26(31-22-14-7-9-18-8-1-2-10-19(18)22)17-36-28-33-32-27(35-28)21-16-25(24-13-5-6-15-29-24)30-23-12-4-3-11-20(21)23/h1-6,8,10-13,15-16,22H,7,9,14,17H2,(H,31,34). The van der Waals surface area contributed by atoms with Crippen LogP contribution in [0, 0.1) is 0 Å². The summed E-state index contributed by atoms with van der Waals surface area (Å²) in [5, 5.41) is 12.9. The molecule has 0 fully saturated rings. The van der Waals surface area contributed by atoms with Gasteiger partial charge in [-0.25, -0.2) is 4.98 Å². The van der Waals surface area contributed by atoms with E-state index in [9.17, 15) is 4.79 Å². The number of carbonyl (C=O) groups is 1. The van der Waals surface area contributed by atoms with Gasteiger partial charge in [-0.3, -0.25) is 9.78 Å². The van der Waals surface area contributed by atoms with Gasteiger partial charge in [-0.05, 0) is 54.7 Å². The van der Waals surface area contributed by atoms with E-state index in [0.29, 0.717) is 11.1 Å². The zero-order valence-electron chi connectivity index (χ0n) is 19.4. The van der Waals surface area contributed by atoms with Crippen LogP contribution < -0.4 is 5.32 Å². The highest BCUT2D eigenvalue weighted by Crippen LogP contribution is 2.33. The lowest BCUT2D eigenvalue weighted by atomic mass is 9.88. The first-order chi connectivity index (χ1) is 17.7. The van der Waals surface area contributed by atoms with E-state index in [4.69, 9.17) is 9.40 Å². The Labute approximate surface area is 212 Å². The largest absolute Gasteiger partial charge is 0.411 e. The number of thioether (sulfide) groups is 1. The van der Waals surface area contributed by atoms with Crippen molar-refractivity contribution < 1.29 is 9.21 Å². The highest BCUT2D eigenvalue weighted by molar-refractivity contribution is 7.99. The molecule has 2 aromatic carbocycles. The first kappa shape index (κ1) is 22.4. The molecule has 5 aromatic rings. The molecular formula is C28H23N5O2S. The van der Waals surface area contributed by atoms with Crippen LogP contribution in [0.4, 0.5) is 0 Å². The zero-order valence-corrected chi connectivity index (χ0v) is 20.2. The van der Waals surface area contributed by atoms with E-state index in [1.165, 1.54) is 22.9 Å². The molecule has 1 atom stereocenters. The van der Waals surface area contributed by atoms with E-state index in [-0.39, 0.29) is 17.7 Å². The summed E-state index contributed by atoms with van der Waals surface area (Å²) >= 11 is 1.24. The minimum atomic E-state index is -0.0479. The Bertz CT molecular complexity index is 1540. The van der Waals surface area contributed by atoms with Crippen LogP contribution in [0.5, 0.6) is 0 Å². The molecule has 0 saturated heterocycles. The predicted octanol–water partition coefficient (Wildman–Crippen LogP) is 5.63. The molecule has 1 aliphatic rings. The Hall–Kier alpha value is -4.04. The number of para-hydroxylation sites is 1. The molecule has 8 heteroatoms.